The first-order valence-electron chi connectivity index (χ1n) is 10.9. The second kappa shape index (κ2) is 9.80. The Bertz CT molecular complexity index is 810. The number of halogens is 2. The molecular weight excluding hydrogens is 461 g/mol. The van der Waals surface area contributed by atoms with Gasteiger partial charge in [0.2, 0.25) is 5.60 Å². The van der Waals surface area contributed by atoms with Crippen LogP contribution < -0.4 is 17.0 Å². The van der Waals surface area contributed by atoms with E-state index in [1.54, 1.807) is 24.3 Å². The van der Waals surface area contributed by atoms with E-state index in [1.807, 2.05) is 36.4 Å². The number of carbonyl (C=O) groups excluding carboxylic acids is 1. The number of alkyl halides is 1. The molecule has 2 aromatic rings. The van der Waals surface area contributed by atoms with Gasteiger partial charge in [-0.15, -0.1) is 0 Å². The van der Waals surface area contributed by atoms with Crippen LogP contribution in [0.4, 0.5) is 4.39 Å². The summed E-state index contributed by atoms with van der Waals surface area (Å²) in [7, 11) is 2.22. The van der Waals surface area contributed by atoms with Crippen LogP contribution in [0.1, 0.15) is 43.2 Å². The van der Waals surface area contributed by atoms with Crippen LogP contribution in [-0.4, -0.2) is 54.0 Å². The first kappa shape index (κ1) is 23.9. The molecule has 0 aliphatic carbocycles. The summed E-state index contributed by atoms with van der Waals surface area (Å²) < 4.78 is 19.6. The Balaban J connectivity index is 0.00000272. The molecule has 2 bridgehead atoms. The SMILES string of the molecule is C[N+]1(CCCF)C2CCC1CC(OC(=O)C(O)(c1ccccc1)c1ccccc1)C2.[Br-]. The quantitative estimate of drug-likeness (QED) is 0.463. The number of ether oxygens (including phenoxy) is 1. The average molecular weight is 492 g/mol. The number of hydrogen-bond donors (Lipinski definition) is 1. The lowest BCUT2D eigenvalue weighted by Gasteiger charge is -2.47. The van der Waals surface area contributed by atoms with Gasteiger partial charge >= 0.3 is 5.97 Å². The predicted molar refractivity (Wildman–Crippen MR) is 113 cm³/mol. The Morgan fingerprint density at radius 1 is 1.03 bits per heavy atom. The highest BCUT2D eigenvalue weighted by atomic mass is 79.9. The fourth-order valence-electron chi connectivity index (χ4n) is 5.55. The smallest absolute Gasteiger partial charge is 0.347 e. The van der Waals surface area contributed by atoms with E-state index in [2.05, 4.69) is 7.05 Å². The highest BCUT2D eigenvalue weighted by Gasteiger charge is 2.53. The minimum Gasteiger partial charge on any atom is -1.00 e. The number of quaternary nitrogens is 1. The van der Waals surface area contributed by atoms with Gasteiger partial charge in [0.15, 0.2) is 0 Å². The number of carbonyl (C=O) groups is 1. The van der Waals surface area contributed by atoms with E-state index in [-0.39, 0.29) is 29.8 Å². The standard InChI is InChI=1S/C25H31FNO3.BrH/c1-27(16-8-15-26)21-13-14-22(27)18-23(17-21)30-24(28)25(29,19-9-4-2-5-10-19)20-11-6-3-7-12-20;/h2-7,9-12,21-23,29H,8,13-18H2,1H3;1H/q+1;/p-1. The predicted octanol–water partition coefficient (Wildman–Crippen LogP) is 0.969. The van der Waals surface area contributed by atoms with Gasteiger partial charge in [0.05, 0.1) is 32.4 Å². The molecular formula is C25H31BrFNO3. The van der Waals surface area contributed by atoms with E-state index in [1.165, 1.54) is 0 Å². The number of aliphatic hydroxyl groups is 1. The number of benzene rings is 2. The van der Waals surface area contributed by atoms with Crippen molar-refractivity contribution in [3.63, 3.8) is 0 Å². The van der Waals surface area contributed by atoms with Crippen molar-refractivity contribution in [1.82, 2.24) is 0 Å². The monoisotopic (exact) mass is 491 g/mol. The molecule has 1 N–H and O–H groups in total. The van der Waals surface area contributed by atoms with Gasteiger partial charge in [-0.05, 0) is 11.1 Å². The Labute approximate surface area is 194 Å². The molecule has 2 unspecified atom stereocenters. The van der Waals surface area contributed by atoms with Crippen molar-refractivity contribution in [3.05, 3.63) is 71.8 Å². The Morgan fingerprint density at radius 3 is 1.97 bits per heavy atom. The molecule has 31 heavy (non-hydrogen) atoms. The zero-order valence-electron chi connectivity index (χ0n) is 17.9. The number of hydrogen-bond acceptors (Lipinski definition) is 3. The molecule has 6 heteroatoms. The van der Waals surface area contributed by atoms with Crippen LogP contribution in [0.5, 0.6) is 0 Å². The van der Waals surface area contributed by atoms with Gasteiger partial charge in [-0.2, -0.15) is 0 Å². The van der Waals surface area contributed by atoms with Gasteiger partial charge in [-0.1, -0.05) is 60.7 Å². The molecule has 2 fully saturated rings. The van der Waals surface area contributed by atoms with Crippen LogP contribution in [0, 0.1) is 0 Å². The van der Waals surface area contributed by atoms with Crippen LogP contribution in [0.2, 0.25) is 0 Å². The largest absolute Gasteiger partial charge is 1.00 e. The minimum absolute atomic E-state index is 0. The van der Waals surface area contributed by atoms with Gasteiger partial charge in [0, 0.05) is 32.1 Å². The van der Waals surface area contributed by atoms with Crippen molar-refractivity contribution in [2.75, 3.05) is 20.3 Å². The van der Waals surface area contributed by atoms with Crippen LogP contribution in [-0.2, 0) is 15.1 Å². The van der Waals surface area contributed by atoms with Gasteiger partial charge < -0.3 is 31.3 Å². The maximum absolute atomic E-state index is 13.4. The minimum atomic E-state index is -1.84. The lowest BCUT2D eigenvalue weighted by molar-refractivity contribution is -0.949. The molecule has 4 rings (SSSR count). The Hall–Kier alpha value is -1.76. The summed E-state index contributed by atoms with van der Waals surface area (Å²) in [5, 5.41) is 11.6. The average Bonchev–Trinajstić information content (AvgIpc) is 2.94. The summed E-state index contributed by atoms with van der Waals surface area (Å²) in [6, 6.07) is 18.7. The highest BCUT2D eigenvalue weighted by Crippen LogP contribution is 2.43. The molecule has 0 spiro atoms. The van der Waals surface area contributed by atoms with Gasteiger partial charge in [0.1, 0.15) is 6.10 Å². The summed E-state index contributed by atoms with van der Waals surface area (Å²) in [6.45, 7) is 0.553. The maximum Gasteiger partial charge on any atom is 0.347 e. The molecule has 0 amide bonds. The van der Waals surface area contributed by atoms with E-state index < -0.39 is 11.6 Å². The highest BCUT2D eigenvalue weighted by molar-refractivity contribution is 5.85. The molecule has 168 valence electrons. The summed E-state index contributed by atoms with van der Waals surface area (Å²) in [5.41, 5.74) is -0.835. The first-order valence-corrected chi connectivity index (χ1v) is 10.9. The van der Waals surface area contributed by atoms with E-state index in [4.69, 9.17) is 4.74 Å². The zero-order valence-corrected chi connectivity index (χ0v) is 19.5. The lowest BCUT2D eigenvalue weighted by atomic mass is 9.86. The maximum atomic E-state index is 13.4. The second-order valence-electron chi connectivity index (χ2n) is 8.94. The molecule has 0 saturated carbocycles. The number of fused-ring (bicyclic) bond motifs is 2. The Morgan fingerprint density at radius 2 is 1.52 bits per heavy atom. The van der Waals surface area contributed by atoms with Gasteiger partial charge in [-0.3, -0.25) is 4.39 Å². The summed E-state index contributed by atoms with van der Waals surface area (Å²) in [5.74, 6) is -0.621. The summed E-state index contributed by atoms with van der Waals surface area (Å²) in [4.78, 5) is 13.4. The third-order valence-electron chi connectivity index (χ3n) is 7.30. The van der Waals surface area contributed by atoms with Crippen molar-refractivity contribution in [3.8, 4) is 0 Å². The van der Waals surface area contributed by atoms with Crippen LogP contribution in [0.25, 0.3) is 0 Å². The van der Waals surface area contributed by atoms with Crippen molar-refractivity contribution in [1.29, 1.82) is 0 Å². The van der Waals surface area contributed by atoms with E-state index in [0.29, 0.717) is 29.6 Å². The fourth-order valence-corrected chi connectivity index (χ4v) is 5.55. The molecule has 0 aromatic heterocycles. The van der Waals surface area contributed by atoms with Crippen molar-refractivity contribution in [2.45, 2.75) is 55.9 Å². The normalized spacial score (nSPS) is 27.4. The third kappa shape index (κ3) is 4.43. The molecule has 2 heterocycles. The molecule has 4 nitrogen and oxygen atoms in total. The molecule has 2 aromatic carbocycles. The van der Waals surface area contributed by atoms with Crippen LogP contribution in [0.3, 0.4) is 0 Å². The first-order chi connectivity index (χ1) is 14.5. The Kier molecular flexibility index (Phi) is 7.55. The molecule has 2 aliphatic heterocycles. The van der Waals surface area contributed by atoms with Crippen LogP contribution in [0.15, 0.2) is 60.7 Å². The third-order valence-corrected chi connectivity index (χ3v) is 7.30. The second-order valence-corrected chi connectivity index (χ2v) is 8.94. The molecule has 2 aliphatic rings. The fraction of sp³-hybridized carbons (Fsp3) is 0.480. The van der Waals surface area contributed by atoms with Gasteiger partial charge in [-0.25, -0.2) is 4.79 Å². The van der Waals surface area contributed by atoms with Crippen molar-refractivity contribution < 1.29 is 40.5 Å². The summed E-state index contributed by atoms with van der Waals surface area (Å²) >= 11 is 0. The molecule has 2 atom stereocenters. The summed E-state index contributed by atoms with van der Waals surface area (Å²) in [6.07, 6.45) is 4.07. The number of esters is 1. The number of nitrogens with zero attached hydrogens (tertiary/aromatic N) is 1. The molecule has 0 radical (unpaired) electrons. The zero-order chi connectivity index (χ0) is 21.2. The van der Waals surface area contributed by atoms with E-state index in [0.717, 1.165) is 36.7 Å². The van der Waals surface area contributed by atoms with Crippen molar-refractivity contribution >= 4 is 5.97 Å². The number of piperidine rings is 1. The van der Waals surface area contributed by atoms with Crippen LogP contribution >= 0.6 is 0 Å². The number of rotatable bonds is 7. The molecule has 2 saturated heterocycles. The van der Waals surface area contributed by atoms with Gasteiger partial charge in [0.25, 0.3) is 0 Å². The van der Waals surface area contributed by atoms with E-state index >= 15 is 0 Å². The van der Waals surface area contributed by atoms with E-state index in [9.17, 15) is 14.3 Å². The van der Waals surface area contributed by atoms with Crippen molar-refractivity contribution in [2.24, 2.45) is 0 Å². The lowest BCUT2D eigenvalue weighted by Crippen LogP contribution is -3.00. The topological polar surface area (TPSA) is 46.5 Å².